The number of fused-ring (bicyclic) bond motifs is 23. The smallest absolute Gasteiger partial charge is 0.315 e. The molecule has 0 aromatic rings. The first kappa shape index (κ1) is 87.2. The van der Waals surface area contributed by atoms with Crippen molar-refractivity contribution in [2.45, 2.75) is 312 Å². The first-order valence-electron chi connectivity index (χ1n) is 45.4. The van der Waals surface area contributed by atoms with E-state index in [9.17, 15) is 33.6 Å². The average Bonchev–Trinajstić information content (AvgIpc) is 1.65. The van der Waals surface area contributed by atoms with E-state index >= 15 is 0 Å². The monoisotopic (exact) mass is 1730 g/mol. The lowest BCUT2D eigenvalue weighted by molar-refractivity contribution is -0.152. The van der Waals surface area contributed by atoms with Crippen LogP contribution in [0.3, 0.4) is 0 Å². The van der Waals surface area contributed by atoms with E-state index in [4.69, 9.17) is 94.7 Å². The van der Waals surface area contributed by atoms with Crippen molar-refractivity contribution in [2.24, 2.45) is 63.1 Å². The third-order valence-corrected chi connectivity index (χ3v) is 34.4. The van der Waals surface area contributed by atoms with Crippen LogP contribution >= 0.6 is 0 Å². The van der Waals surface area contributed by atoms with Gasteiger partial charge >= 0.3 is 41.8 Å². The number of carbonyl (C=O) groups excluding carboxylic acids is 7. The summed E-state index contributed by atoms with van der Waals surface area (Å²) in [6.45, 7) is 9.17. The molecule has 14 bridgehead atoms. The van der Waals surface area contributed by atoms with Gasteiger partial charge in [0.2, 0.25) is 0 Å². The normalized spacial score (nSPS) is 44.5. The van der Waals surface area contributed by atoms with Gasteiger partial charge in [0.1, 0.15) is 30.8 Å². The Morgan fingerprint density at radius 2 is 0.843 bits per heavy atom. The zero-order valence-electron chi connectivity index (χ0n) is 69.5. The summed E-state index contributed by atoms with van der Waals surface area (Å²) in [6, 6.07) is 9.01. The highest BCUT2D eigenvalue weighted by atomic mass is 28.2. The highest BCUT2D eigenvalue weighted by Gasteiger charge is 2.69. The number of hydrogen-bond donors (Lipinski definition) is 0. The van der Waals surface area contributed by atoms with Crippen molar-refractivity contribution in [1.82, 2.24) is 0 Å². The molecule has 31 unspecified atom stereocenters. The Bertz CT molecular complexity index is 3340. The van der Waals surface area contributed by atoms with Crippen LogP contribution in [0.1, 0.15) is 148 Å². The largest absolute Gasteiger partial charge is 0.465 e. The minimum atomic E-state index is -0.367. The van der Waals surface area contributed by atoms with Gasteiger partial charge in [-0.3, -0.25) is 33.6 Å². The molecule has 19 aliphatic heterocycles. The predicted molar refractivity (Wildman–Crippen MR) is 439 cm³/mol. The van der Waals surface area contributed by atoms with E-state index in [0.717, 1.165) is 168 Å². The summed E-state index contributed by atoms with van der Waals surface area (Å²) >= 11 is 0. The van der Waals surface area contributed by atoms with E-state index in [1.54, 1.807) is 0 Å². The molecule has 648 valence electrons. The summed E-state index contributed by atoms with van der Waals surface area (Å²) in [6.07, 6.45) is 25.0. The Labute approximate surface area is 698 Å². The molecule has 0 aromatic carbocycles. The van der Waals surface area contributed by atoms with Gasteiger partial charge in [0, 0.05) is 198 Å². The number of ether oxygens (including phenoxy) is 20. The maximum Gasteiger partial charge on any atom is 0.315 e. The molecular weight excluding hydrogens is 1600 g/mol. The second-order valence-corrected chi connectivity index (χ2v) is 44.0. The van der Waals surface area contributed by atoms with Crippen LogP contribution in [0.25, 0.3) is 0 Å². The van der Waals surface area contributed by atoms with Gasteiger partial charge in [-0.2, -0.15) is 0 Å². The van der Waals surface area contributed by atoms with Crippen molar-refractivity contribution in [3.8, 4) is 0 Å². The van der Waals surface area contributed by atoms with Gasteiger partial charge in [-0.15, -0.1) is 0 Å². The van der Waals surface area contributed by atoms with Crippen LogP contribution in [-0.2, 0) is 128 Å². The van der Waals surface area contributed by atoms with Gasteiger partial charge in [0.05, 0.1) is 172 Å². The Hall–Kier alpha value is -2.71. The lowest BCUT2D eigenvalue weighted by atomic mass is 9.72. The van der Waals surface area contributed by atoms with E-state index in [1.807, 2.05) is 0 Å². The zero-order chi connectivity index (χ0) is 80.2. The van der Waals surface area contributed by atoms with Gasteiger partial charge in [-0.25, -0.2) is 0 Å². The number of carbonyl (C=O) groups is 7. The Kier molecular flexibility index (Phi) is 29.6. The molecule has 31 atom stereocenters. The Morgan fingerprint density at radius 3 is 1.37 bits per heavy atom. The summed E-state index contributed by atoms with van der Waals surface area (Å²) in [5.41, 5.74) is -0.762. The fourth-order valence-electron chi connectivity index (χ4n) is 23.3. The van der Waals surface area contributed by atoms with Crippen molar-refractivity contribution in [1.29, 1.82) is 0 Å². The number of esters is 7. The summed E-state index contributed by atoms with van der Waals surface area (Å²) in [5, 5.41) is 0. The maximum absolute atomic E-state index is 11.9. The Balaban J connectivity index is 0.000000106. The molecule has 19 saturated heterocycles. The van der Waals surface area contributed by atoms with Crippen molar-refractivity contribution < 1.29 is 128 Å². The van der Waals surface area contributed by atoms with Gasteiger partial charge in [-0.05, 0) is 89.4 Å². The minimum absolute atomic E-state index is 0.00318. The SMILES string of the molecule is O=C1CC2(CO1)CC1CC(OCCC[SiH3])C2O1.O=C1CC2(CO1)CC1OC2CC1OCCC[SiH3].O=C1OC2C3CC(CC13)C2OCCC[SiH3].O=C1OCC2C3CC(OCCC[SiH3])C(O3)C12.O=C1OCC2C3OC(CC3OCCC[SiH3])C12.O=C1OCCC12CC1CC(OCCC[SiH3])C2O1.O=C1OCCC12CC1OC2CC1OCCC[SiH3]. The lowest BCUT2D eigenvalue weighted by Gasteiger charge is -2.33. The van der Waals surface area contributed by atoms with Crippen LogP contribution in [0.2, 0.25) is 42.3 Å². The molecule has 27 nitrogen and oxygen atoms in total. The molecule has 21 aliphatic rings. The molecule has 19 heterocycles. The molecule has 115 heavy (non-hydrogen) atoms. The highest BCUT2D eigenvalue weighted by Crippen LogP contribution is 2.59. The van der Waals surface area contributed by atoms with Crippen LogP contribution in [0.4, 0.5) is 0 Å². The van der Waals surface area contributed by atoms with Crippen molar-refractivity contribution in [3.05, 3.63) is 0 Å². The molecule has 21 rings (SSSR count). The Morgan fingerprint density at radius 1 is 0.357 bits per heavy atom. The summed E-state index contributed by atoms with van der Waals surface area (Å²) < 4.78 is 113. The van der Waals surface area contributed by atoms with Crippen LogP contribution in [0.5, 0.6) is 0 Å². The van der Waals surface area contributed by atoms with E-state index in [1.165, 1.54) is 127 Å². The van der Waals surface area contributed by atoms with Gasteiger partial charge in [0.15, 0.2) is 0 Å². The van der Waals surface area contributed by atoms with Gasteiger partial charge in [0.25, 0.3) is 0 Å². The van der Waals surface area contributed by atoms with Crippen LogP contribution in [0.15, 0.2) is 0 Å². The molecule has 0 aromatic heterocycles. The molecule has 2 aliphatic carbocycles. The van der Waals surface area contributed by atoms with E-state index in [-0.39, 0.29) is 209 Å². The third-order valence-electron chi connectivity index (χ3n) is 29.5. The van der Waals surface area contributed by atoms with E-state index < -0.39 is 0 Å². The first-order valence-corrected chi connectivity index (χ1v) is 55.3. The number of rotatable bonds is 28. The topological polar surface area (TPSA) is 304 Å². The molecule has 2 saturated carbocycles. The van der Waals surface area contributed by atoms with Crippen molar-refractivity contribution in [2.75, 3.05) is 85.9 Å². The summed E-state index contributed by atoms with van der Waals surface area (Å²) in [7, 11) is 8.72. The molecule has 21 fully saturated rings. The molecule has 0 N–H and O–H groups in total. The van der Waals surface area contributed by atoms with Crippen LogP contribution < -0.4 is 0 Å². The quantitative estimate of drug-likeness (QED) is 0.0405. The molecule has 0 amide bonds. The molecular formula is C81H134O27Si7. The third kappa shape index (κ3) is 18.2. The highest BCUT2D eigenvalue weighted by molar-refractivity contribution is 6.09. The minimum Gasteiger partial charge on any atom is -0.465 e. The predicted octanol–water partition coefficient (Wildman–Crippen LogP) is -0.702. The van der Waals surface area contributed by atoms with Gasteiger partial charge < -0.3 is 94.7 Å². The molecule has 0 radical (unpaired) electrons. The summed E-state index contributed by atoms with van der Waals surface area (Å²) in [5.74, 6) is 1.52. The average molecular weight is 1740 g/mol. The second-order valence-electron chi connectivity index (χ2n) is 37.0. The van der Waals surface area contributed by atoms with Crippen LogP contribution in [-0.4, -0.2) is 321 Å². The number of hydrogen-bond acceptors (Lipinski definition) is 27. The van der Waals surface area contributed by atoms with Crippen molar-refractivity contribution in [3.63, 3.8) is 0 Å². The fourth-order valence-corrected chi connectivity index (χ4v) is 25.3. The standard InChI is InChI=1S/4C12H20O4Si.2C11H18O4Si.C11H18O3Si/c13-11-12(2-4-15-11)7-9-8(6-10(12)16-9)14-3-1-5-17;13-11-12(2-4-15-11)7-8-6-9(10(12)16-8)14-3-1-5-17;13-11-6-12(7-15-11)5-9-8(4-10(12)16-9)14-2-1-3-17;13-10-6-12(7-15-10)5-8-4-9(11(12)16-8)14-2-1-3-17;12-11-9-6(5-14-11)10-8(4-7(9)15-10)13-2-1-3-16;12-11-9-6(5-14-11)7-4-8(10(9)15-7)13-2-1-3-16;12-11-8-5-6-4-7(8)10(14-11)9(6)13-2-1-3-15/h3*8-10H,1-7H2,17H3;8-9,11H,1-7H2,17H3;2*6-10H,1-5H2,16H3;6-10H,1-5H2,15H3. The second kappa shape index (κ2) is 39.0. The fraction of sp³-hybridized carbons (Fsp3) is 0.914. The van der Waals surface area contributed by atoms with Crippen LogP contribution in [0, 0.1) is 63.1 Å². The maximum atomic E-state index is 11.9. The zero-order valence-corrected chi connectivity index (χ0v) is 83.5. The summed E-state index contributed by atoms with van der Waals surface area (Å²) in [4.78, 5) is 80.9. The molecule has 4 spiro atoms. The van der Waals surface area contributed by atoms with E-state index in [0.29, 0.717) is 70.2 Å². The molecule has 34 heteroatoms. The van der Waals surface area contributed by atoms with E-state index in [2.05, 4.69) is 0 Å². The lowest BCUT2D eigenvalue weighted by Crippen LogP contribution is -2.45. The van der Waals surface area contributed by atoms with Crippen molar-refractivity contribution >= 4 is 113 Å². The van der Waals surface area contributed by atoms with Gasteiger partial charge in [-0.1, -0.05) is 42.3 Å². The number of cyclic esters (lactones) is 6. The first-order chi connectivity index (χ1) is 55.9.